The van der Waals surface area contributed by atoms with E-state index in [-0.39, 0.29) is 17.8 Å². The number of anilines is 1. The lowest BCUT2D eigenvalue weighted by Gasteiger charge is -2.32. The first-order chi connectivity index (χ1) is 9.68. The molecule has 1 aromatic carbocycles. The van der Waals surface area contributed by atoms with Crippen molar-refractivity contribution >= 4 is 5.69 Å². The summed E-state index contributed by atoms with van der Waals surface area (Å²) in [5.74, 6) is 0. The summed E-state index contributed by atoms with van der Waals surface area (Å²) in [6.45, 7) is -1.52. The molecule has 0 bridgehead atoms. The average Bonchev–Trinajstić information content (AvgIpc) is 2.32. The molecule has 0 aromatic heterocycles. The van der Waals surface area contributed by atoms with E-state index in [1.54, 1.807) is 5.32 Å². The van der Waals surface area contributed by atoms with Crippen LogP contribution >= 0.6 is 0 Å². The highest BCUT2D eigenvalue weighted by Gasteiger charge is 2.71. The Morgan fingerprint density at radius 1 is 0.773 bits per heavy atom. The quantitative estimate of drug-likeness (QED) is 0.816. The molecular formula is C11H8F9NO. The van der Waals surface area contributed by atoms with Crippen LogP contribution < -0.4 is 5.32 Å². The van der Waals surface area contributed by atoms with Gasteiger partial charge in [0.15, 0.2) is 0 Å². The number of alkyl halides is 9. The Balaban J connectivity index is 3.11. The van der Waals surface area contributed by atoms with Gasteiger partial charge in [-0.2, -0.15) is 39.5 Å². The fraction of sp³-hybridized carbons (Fsp3) is 0.455. The van der Waals surface area contributed by atoms with Gasteiger partial charge < -0.3 is 10.4 Å². The summed E-state index contributed by atoms with van der Waals surface area (Å²) >= 11 is 0. The van der Waals surface area contributed by atoms with E-state index in [2.05, 4.69) is 0 Å². The zero-order chi connectivity index (χ0) is 17.4. The monoisotopic (exact) mass is 341 g/mol. The highest BCUT2D eigenvalue weighted by atomic mass is 19.4. The predicted molar refractivity (Wildman–Crippen MR) is 57.0 cm³/mol. The molecule has 0 amide bonds. The SMILES string of the molecule is OC(c1ccc(NCC(F)(F)F)cc1)(C(F)(F)F)C(F)(F)F. The van der Waals surface area contributed by atoms with Gasteiger partial charge in [0.25, 0.3) is 5.60 Å². The second-order valence-corrected chi connectivity index (χ2v) is 4.25. The van der Waals surface area contributed by atoms with Gasteiger partial charge in [-0.05, 0) is 12.1 Å². The van der Waals surface area contributed by atoms with Crippen LogP contribution in [-0.4, -0.2) is 30.2 Å². The molecule has 0 heterocycles. The molecule has 22 heavy (non-hydrogen) atoms. The van der Waals surface area contributed by atoms with Crippen molar-refractivity contribution < 1.29 is 44.6 Å². The highest BCUT2D eigenvalue weighted by molar-refractivity contribution is 5.46. The molecule has 0 aliphatic heterocycles. The maximum absolute atomic E-state index is 12.6. The predicted octanol–water partition coefficient (Wildman–Crippen LogP) is 3.97. The van der Waals surface area contributed by atoms with Crippen molar-refractivity contribution in [2.75, 3.05) is 11.9 Å². The van der Waals surface area contributed by atoms with Gasteiger partial charge in [-0.15, -0.1) is 0 Å². The summed E-state index contributed by atoms with van der Waals surface area (Å²) in [6, 6.07) is 1.65. The Kier molecular flexibility index (Phi) is 4.62. The third-order valence-electron chi connectivity index (χ3n) is 2.62. The number of benzene rings is 1. The Morgan fingerprint density at radius 2 is 1.18 bits per heavy atom. The van der Waals surface area contributed by atoms with Crippen LogP contribution in [0.25, 0.3) is 0 Å². The van der Waals surface area contributed by atoms with E-state index in [4.69, 9.17) is 5.11 Å². The van der Waals surface area contributed by atoms with Gasteiger partial charge in [-0.3, -0.25) is 0 Å². The van der Waals surface area contributed by atoms with E-state index in [0.29, 0.717) is 12.1 Å². The molecule has 126 valence electrons. The number of aliphatic hydroxyl groups is 1. The first-order valence-electron chi connectivity index (χ1n) is 5.45. The molecule has 2 nitrogen and oxygen atoms in total. The number of rotatable bonds is 3. The number of nitrogens with one attached hydrogen (secondary N) is 1. The average molecular weight is 341 g/mol. The van der Waals surface area contributed by atoms with Crippen LogP contribution in [0.15, 0.2) is 24.3 Å². The molecular weight excluding hydrogens is 333 g/mol. The van der Waals surface area contributed by atoms with Crippen LogP contribution in [0.5, 0.6) is 0 Å². The van der Waals surface area contributed by atoms with Crippen molar-refractivity contribution in [3.63, 3.8) is 0 Å². The van der Waals surface area contributed by atoms with Gasteiger partial charge in [0.2, 0.25) is 0 Å². The minimum Gasteiger partial charge on any atom is -0.376 e. The molecule has 1 aromatic rings. The third kappa shape index (κ3) is 3.76. The Labute approximate surface area is 117 Å². The first-order valence-corrected chi connectivity index (χ1v) is 5.45. The van der Waals surface area contributed by atoms with Gasteiger partial charge in [-0.25, -0.2) is 0 Å². The number of hydrogen-bond acceptors (Lipinski definition) is 2. The van der Waals surface area contributed by atoms with Crippen LogP contribution in [0.1, 0.15) is 5.56 Å². The minimum atomic E-state index is -6.05. The molecule has 0 aliphatic carbocycles. The largest absolute Gasteiger partial charge is 0.430 e. The van der Waals surface area contributed by atoms with Crippen molar-refractivity contribution in [1.29, 1.82) is 0 Å². The molecule has 0 saturated heterocycles. The molecule has 0 unspecified atom stereocenters. The lowest BCUT2D eigenvalue weighted by molar-refractivity contribution is -0.376. The third-order valence-corrected chi connectivity index (χ3v) is 2.62. The van der Waals surface area contributed by atoms with Crippen molar-refractivity contribution in [2.45, 2.75) is 24.1 Å². The van der Waals surface area contributed by atoms with Gasteiger partial charge >= 0.3 is 18.5 Å². The van der Waals surface area contributed by atoms with E-state index >= 15 is 0 Å². The van der Waals surface area contributed by atoms with E-state index in [1.807, 2.05) is 0 Å². The van der Waals surface area contributed by atoms with Crippen LogP contribution in [0.3, 0.4) is 0 Å². The molecule has 1 rings (SSSR count). The van der Waals surface area contributed by atoms with Crippen molar-refractivity contribution in [2.24, 2.45) is 0 Å². The molecule has 0 atom stereocenters. The molecule has 0 spiro atoms. The van der Waals surface area contributed by atoms with E-state index < -0.39 is 36.2 Å². The van der Waals surface area contributed by atoms with E-state index in [0.717, 1.165) is 0 Å². The van der Waals surface area contributed by atoms with Gasteiger partial charge in [0, 0.05) is 11.3 Å². The van der Waals surface area contributed by atoms with Crippen LogP contribution in [0, 0.1) is 0 Å². The molecule has 0 saturated carbocycles. The van der Waals surface area contributed by atoms with Crippen molar-refractivity contribution in [3.8, 4) is 0 Å². The van der Waals surface area contributed by atoms with Crippen molar-refractivity contribution in [1.82, 2.24) is 0 Å². The first kappa shape index (κ1) is 18.4. The fourth-order valence-corrected chi connectivity index (χ4v) is 1.52. The zero-order valence-corrected chi connectivity index (χ0v) is 10.4. The Hall–Kier alpha value is -1.65. The topological polar surface area (TPSA) is 32.3 Å². The normalized spacial score (nSPS) is 14.1. The molecule has 0 radical (unpaired) electrons. The molecule has 2 N–H and O–H groups in total. The second kappa shape index (κ2) is 5.52. The van der Waals surface area contributed by atoms with Crippen molar-refractivity contribution in [3.05, 3.63) is 29.8 Å². The maximum atomic E-state index is 12.6. The fourth-order valence-electron chi connectivity index (χ4n) is 1.52. The summed E-state index contributed by atoms with van der Waals surface area (Å²) in [4.78, 5) is 0. The molecule has 0 fully saturated rings. The summed E-state index contributed by atoms with van der Waals surface area (Å²) in [5, 5.41) is 10.8. The standard InChI is InChI=1S/C11H8F9NO/c12-8(13,14)5-21-7-3-1-6(2-4-7)9(22,10(15,16)17)11(18,19)20/h1-4,21-22H,5H2. The summed E-state index contributed by atoms with van der Waals surface area (Å²) in [5.41, 5.74) is -7.01. The lowest BCUT2D eigenvalue weighted by atomic mass is 9.92. The Morgan fingerprint density at radius 3 is 1.50 bits per heavy atom. The summed E-state index contributed by atoms with van der Waals surface area (Å²) < 4.78 is 111. The molecule has 11 heteroatoms. The summed E-state index contributed by atoms with van der Waals surface area (Å²) in [7, 11) is 0. The zero-order valence-electron chi connectivity index (χ0n) is 10.4. The highest BCUT2D eigenvalue weighted by Crippen LogP contribution is 2.50. The van der Waals surface area contributed by atoms with Crippen LogP contribution in [0.4, 0.5) is 45.2 Å². The second-order valence-electron chi connectivity index (χ2n) is 4.25. The number of hydrogen-bond donors (Lipinski definition) is 2. The smallest absolute Gasteiger partial charge is 0.376 e. The maximum Gasteiger partial charge on any atom is 0.430 e. The van der Waals surface area contributed by atoms with E-state index in [9.17, 15) is 39.5 Å². The number of halogens is 9. The van der Waals surface area contributed by atoms with Crippen LogP contribution in [0.2, 0.25) is 0 Å². The van der Waals surface area contributed by atoms with Gasteiger partial charge in [0.05, 0.1) is 0 Å². The van der Waals surface area contributed by atoms with E-state index in [1.165, 1.54) is 0 Å². The van der Waals surface area contributed by atoms with Crippen LogP contribution in [-0.2, 0) is 5.60 Å². The van der Waals surface area contributed by atoms with Gasteiger partial charge in [-0.1, -0.05) is 12.1 Å². The minimum absolute atomic E-state index is 0.250. The van der Waals surface area contributed by atoms with Gasteiger partial charge in [0.1, 0.15) is 6.54 Å². The molecule has 0 aliphatic rings. The summed E-state index contributed by atoms with van der Waals surface area (Å²) in [6.07, 6.45) is -16.7. The Bertz CT molecular complexity index is 486. The lowest BCUT2D eigenvalue weighted by Crippen LogP contribution is -2.53.